The Morgan fingerprint density at radius 3 is 1.55 bits per heavy atom. The number of rotatable bonds is 45. The molecule has 0 aliphatic carbocycles. The topological polar surface area (TPSA) is 522 Å². The first-order valence-electron chi connectivity index (χ1n) is 38.6. The average Bonchev–Trinajstić information content (AvgIpc) is 1.66. The van der Waals surface area contributed by atoms with Crippen LogP contribution in [-0.2, 0) is 72.0 Å². The third-order valence-electron chi connectivity index (χ3n) is 20.2. The van der Waals surface area contributed by atoms with Crippen LogP contribution >= 0.6 is 11.6 Å². The number of nitrogens with two attached hydrogens (primary N) is 5. The van der Waals surface area contributed by atoms with Crippen LogP contribution in [0.25, 0.3) is 10.8 Å². The summed E-state index contributed by atoms with van der Waals surface area (Å²) >= 11 is 6.28. The van der Waals surface area contributed by atoms with Crippen LogP contribution in [0.5, 0.6) is 0 Å². The van der Waals surface area contributed by atoms with Gasteiger partial charge in [-0.3, -0.25) is 82.7 Å². The quantitative estimate of drug-likeness (QED) is 0.0244. The molecule has 1 aliphatic heterocycles. The lowest BCUT2D eigenvalue weighted by atomic mass is 9.94. The van der Waals surface area contributed by atoms with Crippen molar-refractivity contribution in [1.82, 2.24) is 62.0 Å². The number of benzene rings is 3. The highest BCUT2D eigenvalue weighted by Gasteiger charge is 2.55. The molecule has 33 heteroatoms. The second-order valence-electron chi connectivity index (χ2n) is 30.0. The number of fused-ring (bicyclic) bond motifs is 1. The molecule has 0 bridgehead atoms. The number of carbonyl (C=O) groups is 13. The molecule has 6 aromatic rings. The number of nitrogens with one attached hydrogen (secondary N) is 7. The van der Waals surface area contributed by atoms with Gasteiger partial charge < -0.3 is 75.7 Å². The number of Topliss-reactive ketones (excluding diaryl/α,β-unsaturated/α-hetero) is 2. The van der Waals surface area contributed by atoms with Gasteiger partial charge in [0.2, 0.25) is 47.3 Å². The molecule has 1 saturated heterocycles. The second-order valence-corrected chi connectivity index (χ2v) is 30.4. The Bertz CT molecular complexity index is 4340. The van der Waals surface area contributed by atoms with Gasteiger partial charge in [-0.15, -0.1) is 0 Å². The fourth-order valence-corrected chi connectivity index (χ4v) is 13.8. The van der Waals surface area contributed by atoms with Crippen LogP contribution in [0.4, 0.5) is 0 Å². The molecule has 3 aromatic heterocycles. The molecule has 3 aromatic carbocycles. The first-order valence-corrected chi connectivity index (χ1v) is 39.0. The molecule has 1 fully saturated rings. The van der Waals surface area contributed by atoms with Gasteiger partial charge in [0.15, 0.2) is 17.2 Å². The van der Waals surface area contributed by atoms with Gasteiger partial charge in [-0.2, -0.15) is 0 Å². The van der Waals surface area contributed by atoms with Crippen LogP contribution in [0.1, 0.15) is 156 Å². The number of ketones is 2. The number of hydrogen-bond acceptors (Lipinski definition) is 22. The summed E-state index contributed by atoms with van der Waals surface area (Å²) in [5.41, 5.74) is 31.2. The first kappa shape index (κ1) is 91.3. The number of likely N-dealkylation sites (tertiary alicyclic amines) is 1. The van der Waals surface area contributed by atoms with Crippen molar-refractivity contribution in [2.75, 3.05) is 13.2 Å². The monoisotopic (exact) mass is 1610 g/mol. The predicted octanol–water partition coefficient (Wildman–Crippen LogP) is 2.51. The number of carbonyl (C=O) groups excluding carboxylic acids is 12. The largest absolute Gasteiger partial charge is 0.478 e. The van der Waals surface area contributed by atoms with E-state index < -0.39 is 180 Å². The van der Waals surface area contributed by atoms with Gasteiger partial charge in [0.25, 0.3) is 11.8 Å². The minimum Gasteiger partial charge on any atom is -0.478 e. The zero-order chi connectivity index (χ0) is 84.2. The maximum absolute atomic E-state index is 16.6. The van der Waals surface area contributed by atoms with Crippen molar-refractivity contribution in [1.29, 1.82) is 0 Å². The fraction of sp³-hybridized carbons (Fsp3) is 0.463. The highest BCUT2D eigenvalue weighted by Crippen LogP contribution is 2.32. The van der Waals surface area contributed by atoms with E-state index in [9.17, 15) is 43.8 Å². The number of aliphatic hydroxyl groups excluding tert-OH is 1. The third-order valence-corrected chi connectivity index (χ3v) is 20.5. The molecular formula is C82H108ClN17O15. The number of aromatic nitrogens is 3. The van der Waals surface area contributed by atoms with Crippen molar-refractivity contribution in [2.24, 2.45) is 40.5 Å². The van der Waals surface area contributed by atoms with E-state index in [-0.39, 0.29) is 107 Å². The van der Waals surface area contributed by atoms with Crippen molar-refractivity contribution in [3.8, 4) is 0 Å². The Kier molecular flexibility index (Phi) is 35.0. The standard InChI is InChI=1S/C82H108ClN17O15/c1-47(2)38-67(96-73(106)62(87)24-9-22-60(85)70(103)56-19-13-35-90-44-56)79(112)100(69(26-11-21-59(84)48(3)4)80(113)99-37-15-33-82(99,81(114)115)98-49(5)72(88)105)78(111)63(25-10-23-61(86)71(104)57-20-14-36-91-45-57)93-77(110)68(46-101)97-76(109)66(42-53-16-12-34-89-43-53)95-75(108)65(40-51-28-31-58(83)32-29-51)94-74(107)64(92-50(6)102)41-52-27-30-54-17-7-8-18-55(54)39-52/h7-8,12-14,16-20,27-32,34-36,39,43-45,47-49,59-69,98,101H,9-11,15,21-26,33,37-38,40-42,46,84-87H2,1-6H3,(H2,88,105)(H,92,102)(H,93,110)(H,94,107)(H,95,108)(H,96,106)(H,97,109)(H,114,115)/t49-,59?,60?,61?,62-,63+,64-,65-,66-,67+,68+,69+,82-/m1/s1. The number of primary amides is 1. The molecule has 32 nitrogen and oxygen atoms in total. The number of aliphatic hydroxyl groups is 1. The summed E-state index contributed by atoms with van der Waals surface area (Å²) in [5, 5.41) is 43.3. The van der Waals surface area contributed by atoms with Crippen molar-refractivity contribution in [3.05, 3.63) is 173 Å². The van der Waals surface area contributed by atoms with Crippen LogP contribution in [0, 0.1) is 11.8 Å². The molecule has 1 aliphatic rings. The van der Waals surface area contributed by atoms with Gasteiger partial charge in [0, 0.05) is 92.1 Å². The summed E-state index contributed by atoms with van der Waals surface area (Å²) in [7, 11) is 0. The minimum absolute atomic E-state index is 0.00176. The second kappa shape index (κ2) is 44.1. The van der Waals surface area contributed by atoms with Crippen molar-refractivity contribution in [2.45, 2.75) is 216 Å². The molecule has 115 heavy (non-hydrogen) atoms. The fourth-order valence-electron chi connectivity index (χ4n) is 13.7. The number of aliphatic carboxylic acids is 1. The Labute approximate surface area is 673 Å². The Hall–Kier alpha value is -10.9. The first-order chi connectivity index (χ1) is 54.7. The third kappa shape index (κ3) is 26.6. The van der Waals surface area contributed by atoms with E-state index in [0.29, 0.717) is 26.6 Å². The van der Waals surface area contributed by atoms with Crippen molar-refractivity contribution >= 4 is 99.0 Å². The summed E-state index contributed by atoms with van der Waals surface area (Å²) < 4.78 is 0. The molecule has 618 valence electrons. The van der Waals surface area contributed by atoms with Gasteiger partial charge >= 0.3 is 5.97 Å². The maximum Gasteiger partial charge on any atom is 0.344 e. The molecule has 0 saturated carbocycles. The number of amides is 10. The molecular weight excluding hydrogens is 1500 g/mol. The molecule has 13 atom stereocenters. The van der Waals surface area contributed by atoms with E-state index >= 15 is 28.8 Å². The van der Waals surface area contributed by atoms with Crippen LogP contribution in [0.15, 0.2) is 140 Å². The Morgan fingerprint density at radius 1 is 0.530 bits per heavy atom. The van der Waals surface area contributed by atoms with E-state index in [1.54, 1.807) is 68.4 Å². The predicted molar refractivity (Wildman–Crippen MR) is 429 cm³/mol. The average molecular weight is 1610 g/mol. The molecule has 0 spiro atoms. The number of halogens is 1. The van der Waals surface area contributed by atoms with Crippen LogP contribution in [0.2, 0.25) is 5.02 Å². The van der Waals surface area contributed by atoms with Gasteiger partial charge in [-0.25, -0.2) is 4.79 Å². The lowest BCUT2D eigenvalue weighted by molar-refractivity contribution is -0.166. The zero-order valence-electron chi connectivity index (χ0n) is 65.6. The number of carboxylic acid groups (broad SMARTS) is 1. The number of imide groups is 1. The smallest absolute Gasteiger partial charge is 0.344 e. The van der Waals surface area contributed by atoms with Crippen LogP contribution in [-0.4, -0.2) is 203 Å². The minimum atomic E-state index is -2.40. The molecule has 4 heterocycles. The number of carboxylic acids is 1. The van der Waals surface area contributed by atoms with Gasteiger partial charge in [-0.1, -0.05) is 100.0 Å². The molecule has 0 radical (unpaired) electrons. The SMILES string of the molecule is CC(=O)N[C@H](Cc1ccc2ccccc2c1)C(=O)N[C@H](Cc1ccc(Cl)cc1)C(=O)N[C@H](Cc1cccnc1)C(=O)N[C@@H](CO)C(=O)N[C@@H](CCCC(N)C(=O)c1cccnc1)C(=O)N(C(=O)[C@H](CC(C)C)NC(=O)[C@H](N)CCCC(N)C(=O)c1cccnc1)[C@@H](CCCC(N)C(C)C)C(=O)N1CCC[C@]1(N[C@H](C)C(N)=O)C(=O)O. The van der Waals surface area contributed by atoms with E-state index in [0.717, 1.165) is 15.7 Å². The van der Waals surface area contributed by atoms with Gasteiger partial charge in [0.05, 0.1) is 30.8 Å². The number of nitrogens with zero attached hydrogens (tertiary/aromatic N) is 5. The summed E-state index contributed by atoms with van der Waals surface area (Å²) in [6.45, 7) is 8.04. The van der Waals surface area contributed by atoms with E-state index in [1.807, 2.05) is 50.2 Å². The lowest BCUT2D eigenvalue weighted by Crippen LogP contribution is -2.69. The summed E-state index contributed by atoms with van der Waals surface area (Å²) in [4.78, 5) is 204. The van der Waals surface area contributed by atoms with Gasteiger partial charge in [0.1, 0.15) is 42.3 Å². The summed E-state index contributed by atoms with van der Waals surface area (Å²) in [6, 6.07) is 10.9. The van der Waals surface area contributed by atoms with Crippen molar-refractivity contribution in [3.63, 3.8) is 0 Å². The number of pyridine rings is 3. The molecule has 3 unspecified atom stereocenters. The van der Waals surface area contributed by atoms with Crippen LogP contribution < -0.4 is 65.9 Å². The summed E-state index contributed by atoms with van der Waals surface area (Å²) in [5.74, 6) is -13.6. The highest BCUT2D eigenvalue weighted by atomic mass is 35.5. The Morgan fingerprint density at radius 2 is 1.02 bits per heavy atom. The normalized spacial score (nSPS) is 16.5. The van der Waals surface area contributed by atoms with Crippen LogP contribution in [0.3, 0.4) is 0 Å². The number of hydrogen-bond donors (Lipinski definition) is 14. The summed E-state index contributed by atoms with van der Waals surface area (Å²) in [6.07, 6.45) is 6.17. The maximum atomic E-state index is 16.6. The zero-order valence-corrected chi connectivity index (χ0v) is 66.3. The van der Waals surface area contributed by atoms with Gasteiger partial charge in [-0.05, 0) is 166 Å². The van der Waals surface area contributed by atoms with Crippen molar-refractivity contribution < 1.29 is 72.5 Å². The highest BCUT2D eigenvalue weighted by molar-refractivity contribution is 6.30. The molecule has 7 rings (SSSR count). The molecule has 10 amide bonds. The van der Waals surface area contributed by atoms with E-state index in [2.05, 4.69) is 52.2 Å². The lowest BCUT2D eigenvalue weighted by Gasteiger charge is -2.42. The van der Waals surface area contributed by atoms with E-state index in [4.69, 9.17) is 40.3 Å². The van der Waals surface area contributed by atoms with E-state index in [1.165, 1.54) is 63.2 Å². The molecule has 19 N–H and O–H groups in total. The Balaban J connectivity index is 1.30.